The fourth-order valence-electron chi connectivity index (χ4n) is 2.55. The molecule has 0 saturated carbocycles. The number of carboxylic acids is 1. The van der Waals surface area contributed by atoms with Crippen molar-refractivity contribution in [1.82, 2.24) is 14.8 Å². The predicted octanol–water partition coefficient (Wildman–Crippen LogP) is 0.267. The number of β-amino-alcohol motifs (C(OH)–C–C–N with tert-alkyl or cyclic N) is 1. The fourth-order valence-corrected chi connectivity index (χ4v) is 3.29. The Morgan fingerprint density at radius 1 is 1.60 bits per heavy atom. The van der Waals surface area contributed by atoms with Crippen LogP contribution in [0.2, 0.25) is 0 Å². The first-order valence-electron chi connectivity index (χ1n) is 6.75. The van der Waals surface area contributed by atoms with Gasteiger partial charge in [-0.1, -0.05) is 6.92 Å². The lowest BCUT2D eigenvalue weighted by atomic mass is 10.2. The van der Waals surface area contributed by atoms with Crippen LogP contribution in [0.25, 0.3) is 0 Å². The van der Waals surface area contributed by atoms with Crippen molar-refractivity contribution in [3.63, 3.8) is 0 Å². The Morgan fingerprint density at radius 3 is 2.95 bits per heavy atom. The predicted molar refractivity (Wildman–Crippen MR) is 76.8 cm³/mol. The molecule has 0 radical (unpaired) electrons. The van der Waals surface area contributed by atoms with E-state index in [-0.39, 0.29) is 12.6 Å². The van der Waals surface area contributed by atoms with Gasteiger partial charge in [0, 0.05) is 31.1 Å². The number of aliphatic carboxylic acids is 1. The van der Waals surface area contributed by atoms with Crippen molar-refractivity contribution in [2.24, 2.45) is 0 Å². The van der Waals surface area contributed by atoms with Crippen LogP contribution in [0.1, 0.15) is 17.6 Å². The Bertz CT molecular complexity index is 465. The van der Waals surface area contributed by atoms with E-state index in [1.165, 1.54) is 0 Å². The number of nitrogens with zero attached hydrogens (tertiary/aromatic N) is 3. The van der Waals surface area contributed by atoms with Crippen molar-refractivity contribution >= 4 is 17.3 Å². The van der Waals surface area contributed by atoms with E-state index in [9.17, 15) is 9.90 Å². The molecule has 2 N–H and O–H groups in total. The topological polar surface area (TPSA) is 76.9 Å². The SMILES string of the molecule is CCc1nc(CN2C[C@@H](O)[C@H](N(C)CC(=O)O)C2)cs1. The van der Waals surface area contributed by atoms with E-state index < -0.39 is 12.1 Å². The second-order valence-corrected chi connectivity index (χ2v) is 6.17. The Kier molecular flexibility index (Phi) is 5.09. The second kappa shape index (κ2) is 6.62. The molecule has 0 amide bonds. The molecule has 2 rings (SSSR count). The second-order valence-electron chi connectivity index (χ2n) is 5.22. The van der Waals surface area contributed by atoms with Crippen LogP contribution in [0, 0.1) is 0 Å². The summed E-state index contributed by atoms with van der Waals surface area (Å²) in [6.45, 7) is 3.98. The molecule has 20 heavy (non-hydrogen) atoms. The highest BCUT2D eigenvalue weighted by molar-refractivity contribution is 7.09. The smallest absolute Gasteiger partial charge is 0.317 e. The third kappa shape index (κ3) is 3.76. The van der Waals surface area contributed by atoms with Gasteiger partial charge in [0.15, 0.2) is 0 Å². The quantitative estimate of drug-likeness (QED) is 0.785. The number of aromatic nitrogens is 1. The third-order valence-electron chi connectivity index (χ3n) is 3.57. The zero-order valence-electron chi connectivity index (χ0n) is 11.8. The highest BCUT2D eigenvalue weighted by atomic mass is 32.1. The highest BCUT2D eigenvalue weighted by Crippen LogP contribution is 2.19. The number of aliphatic hydroxyl groups is 1. The number of thiazole rings is 1. The van der Waals surface area contributed by atoms with Crippen molar-refractivity contribution in [3.8, 4) is 0 Å². The van der Waals surface area contributed by atoms with E-state index in [2.05, 4.69) is 22.2 Å². The largest absolute Gasteiger partial charge is 0.480 e. The minimum Gasteiger partial charge on any atom is -0.480 e. The monoisotopic (exact) mass is 299 g/mol. The number of hydrogen-bond donors (Lipinski definition) is 2. The number of carbonyl (C=O) groups is 1. The Balaban J connectivity index is 1.91. The van der Waals surface area contributed by atoms with Crippen LogP contribution in [-0.2, 0) is 17.8 Å². The molecule has 1 aliphatic rings. The number of likely N-dealkylation sites (N-methyl/N-ethyl adjacent to an activating group) is 1. The first kappa shape index (κ1) is 15.4. The van der Waals surface area contributed by atoms with Gasteiger partial charge in [-0.15, -0.1) is 11.3 Å². The maximum atomic E-state index is 10.7. The molecule has 1 aliphatic heterocycles. The maximum absolute atomic E-state index is 10.7. The number of aryl methyl sites for hydroxylation is 1. The summed E-state index contributed by atoms with van der Waals surface area (Å²) in [7, 11) is 1.74. The van der Waals surface area contributed by atoms with Gasteiger partial charge in [0.05, 0.1) is 23.4 Å². The number of aliphatic hydroxyl groups excluding tert-OH is 1. The van der Waals surface area contributed by atoms with Gasteiger partial charge >= 0.3 is 5.97 Å². The minimum absolute atomic E-state index is 0.0494. The molecule has 7 heteroatoms. The summed E-state index contributed by atoms with van der Waals surface area (Å²) in [6.07, 6.45) is 0.431. The molecule has 2 heterocycles. The molecule has 1 aromatic rings. The third-order valence-corrected chi connectivity index (χ3v) is 4.61. The average Bonchev–Trinajstić information content (AvgIpc) is 2.95. The molecule has 1 aromatic heterocycles. The van der Waals surface area contributed by atoms with Crippen LogP contribution in [0.3, 0.4) is 0 Å². The van der Waals surface area contributed by atoms with Crippen LogP contribution < -0.4 is 0 Å². The molecular weight excluding hydrogens is 278 g/mol. The van der Waals surface area contributed by atoms with E-state index in [1.54, 1.807) is 23.3 Å². The van der Waals surface area contributed by atoms with Crippen molar-refractivity contribution < 1.29 is 15.0 Å². The molecule has 112 valence electrons. The number of likely N-dealkylation sites (tertiary alicyclic amines) is 1. The van der Waals surface area contributed by atoms with E-state index in [1.807, 2.05) is 0 Å². The first-order chi connectivity index (χ1) is 9.49. The molecule has 0 spiro atoms. The van der Waals surface area contributed by atoms with Gasteiger partial charge in [-0.25, -0.2) is 4.98 Å². The molecule has 0 aliphatic carbocycles. The summed E-state index contributed by atoms with van der Waals surface area (Å²) in [5.74, 6) is -0.870. The minimum atomic E-state index is -0.870. The number of rotatable bonds is 6. The lowest BCUT2D eigenvalue weighted by Crippen LogP contribution is -2.43. The first-order valence-corrected chi connectivity index (χ1v) is 7.63. The summed E-state index contributed by atoms with van der Waals surface area (Å²) < 4.78 is 0. The molecule has 2 atom stereocenters. The van der Waals surface area contributed by atoms with Crippen LogP contribution in [0.4, 0.5) is 0 Å². The lowest BCUT2D eigenvalue weighted by Gasteiger charge is -2.24. The molecular formula is C13H21N3O3S. The zero-order valence-corrected chi connectivity index (χ0v) is 12.6. The average molecular weight is 299 g/mol. The van der Waals surface area contributed by atoms with E-state index in [0.29, 0.717) is 19.6 Å². The summed E-state index contributed by atoms with van der Waals surface area (Å²) in [4.78, 5) is 19.1. The molecule has 0 bridgehead atoms. The van der Waals surface area contributed by atoms with Crippen LogP contribution >= 0.6 is 11.3 Å². The van der Waals surface area contributed by atoms with Crippen LogP contribution in [-0.4, -0.2) is 69.8 Å². The number of carboxylic acid groups (broad SMARTS) is 1. The zero-order chi connectivity index (χ0) is 14.7. The van der Waals surface area contributed by atoms with E-state index >= 15 is 0 Å². The standard InChI is InChI=1S/C13H21N3O3S/c1-3-12-14-9(8-20-12)4-16-5-10(11(17)6-16)15(2)7-13(18)19/h8,10-11,17H,3-7H2,1-2H3,(H,18,19)/t10-,11-/m1/s1. The number of hydrogen-bond acceptors (Lipinski definition) is 6. The van der Waals surface area contributed by atoms with Crippen LogP contribution in [0.15, 0.2) is 5.38 Å². The van der Waals surface area contributed by atoms with Gasteiger partial charge in [-0.05, 0) is 13.5 Å². The van der Waals surface area contributed by atoms with Crippen molar-refractivity contribution in [2.45, 2.75) is 32.0 Å². The molecule has 6 nitrogen and oxygen atoms in total. The van der Waals surface area contributed by atoms with Gasteiger partial charge < -0.3 is 10.2 Å². The van der Waals surface area contributed by atoms with Gasteiger partial charge in [0.25, 0.3) is 0 Å². The van der Waals surface area contributed by atoms with Crippen molar-refractivity contribution in [1.29, 1.82) is 0 Å². The van der Waals surface area contributed by atoms with Crippen LogP contribution in [0.5, 0.6) is 0 Å². The lowest BCUT2D eigenvalue weighted by molar-refractivity contribution is -0.138. The Morgan fingerprint density at radius 2 is 2.35 bits per heavy atom. The van der Waals surface area contributed by atoms with Gasteiger partial charge in [-0.3, -0.25) is 14.6 Å². The maximum Gasteiger partial charge on any atom is 0.317 e. The van der Waals surface area contributed by atoms with Crippen molar-refractivity contribution in [3.05, 3.63) is 16.1 Å². The summed E-state index contributed by atoms with van der Waals surface area (Å²) in [5.41, 5.74) is 1.03. The van der Waals surface area contributed by atoms with Gasteiger partial charge in [-0.2, -0.15) is 0 Å². The molecule has 0 unspecified atom stereocenters. The Hall–Kier alpha value is -1.02. The summed E-state index contributed by atoms with van der Waals surface area (Å²) >= 11 is 1.66. The molecule has 1 saturated heterocycles. The van der Waals surface area contributed by atoms with E-state index in [4.69, 9.17) is 5.11 Å². The summed E-state index contributed by atoms with van der Waals surface area (Å²) in [6, 6.07) is -0.129. The van der Waals surface area contributed by atoms with Crippen molar-refractivity contribution in [2.75, 3.05) is 26.7 Å². The van der Waals surface area contributed by atoms with E-state index in [0.717, 1.165) is 17.1 Å². The molecule has 1 fully saturated rings. The van der Waals surface area contributed by atoms with Gasteiger partial charge in [0.2, 0.25) is 0 Å². The fraction of sp³-hybridized carbons (Fsp3) is 0.692. The molecule has 0 aromatic carbocycles. The Labute approximate surface area is 122 Å². The summed E-state index contributed by atoms with van der Waals surface area (Å²) in [5, 5.41) is 22.1. The normalized spacial score (nSPS) is 23.6. The highest BCUT2D eigenvalue weighted by Gasteiger charge is 2.34. The van der Waals surface area contributed by atoms with Gasteiger partial charge in [0.1, 0.15) is 0 Å².